The zero-order valence-electron chi connectivity index (χ0n) is 10.2. The minimum absolute atomic E-state index is 0.0139. The second-order valence-electron chi connectivity index (χ2n) is 4.40. The van der Waals surface area contributed by atoms with Gasteiger partial charge in [0.25, 0.3) is 0 Å². The van der Waals surface area contributed by atoms with E-state index in [2.05, 4.69) is 0 Å². The van der Waals surface area contributed by atoms with E-state index in [1.54, 1.807) is 18.2 Å². The van der Waals surface area contributed by atoms with Gasteiger partial charge in [-0.2, -0.15) is 13.2 Å². The van der Waals surface area contributed by atoms with Gasteiger partial charge in [0.1, 0.15) is 0 Å². The van der Waals surface area contributed by atoms with Gasteiger partial charge in [0.05, 0.1) is 0 Å². The van der Waals surface area contributed by atoms with Crippen LogP contribution in [-0.2, 0) is 6.54 Å². The van der Waals surface area contributed by atoms with Gasteiger partial charge in [-0.25, -0.2) is 0 Å². The van der Waals surface area contributed by atoms with E-state index in [1.165, 1.54) is 6.08 Å². The molecule has 1 aliphatic rings. The molecule has 1 aromatic rings. The fourth-order valence-electron chi connectivity index (χ4n) is 2.15. The molecular weight excluding hydrogens is 277 g/mol. The molecule has 2 rings (SSSR count). The third kappa shape index (κ3) is 3.22. The molecule has 0 saturated carbocycles. The molecule has 2 N–H and O–H groups in total. The third-order valence-corrected chi connectivity index (χ3v) is 3.42. The Kier molecular flexibility index (Phi) is 4.06. The van der Waals surface area contributed by atoms with Gasteiger partial charge in [0.15, 0.2) is 0 Å². The fourth-order valence-corrected chi connectivity index (χ4v) is 2.32. The molecule has 0 saturated heterocycles. The Balaban J connectivity index is 2.22. The molecule has 0 atom stereocenters. The summed E-state index contributed by atoms with van der Waals surface area (Å²) in [5.41, 5.74) is 6.88. The fraction of sp³-hybridized carbons (Fsp3) is 0.385. The summed E-state index contributed by atoms with van der Waals surface area (Å²) in [5.74, 6) is 0. The summed E-state index contributed by atoms with van der Waals surface area (Å²) in [4.78, 5) is 1.86. The lowest BCUT2D eigenvalue weighted by atomic mass is 10.1. The van der Waals surface area contributed by atoms with E-state index in [0.717, 1.165) is 11.3 Å². The van der Waals surface area contributed by atoms with Crippen molar-refractivity contribution in [2.45, 2.75) is 19.1 Å². The van der Waals surface area contributed by atoms with Crippen molar-refractivity contribution in [1.29, 1.82) is 0 Å². The van der Waals surface area contributed by atoms with E-state index in [-0.39, 0.29) is 13.0 Å². The van der Waals surface area contributed by atoms with Crippen LogP contribution in [0.25, 0.3) is 0 Å². The first kappa shape index (κ1) is 14.2. The average Bonchev–Trinajstić information content (AvgIpc) is 2.38. The zero-order chi connectivity index (χ0) is 14.0. The number of hydrogen-bond donors (Lipinski definition) is 1. The minimum atomic E-state index is -4.23. The van der Waals surface area contributed by atoms with Crippen LogP contribution in [0, 0.1) is 0 Å². The topological polar surface area (TPSA) is 29.3 Å². The van der Waals surface area contributed by atoms with E-state index < -0.39 is 11.7 Å². The lowest BCUT2D eigenvalue weighted by molar-refractivity contribution is -0.0943. The monoisotopic (exact) mass is 290 g/mol. The molecule has 0 spiro atoms. The standard InChI is InChI=1S/C13H14ClF3N2/c14-11-2-1-9(8-18)12(7-11)19-5-3-10(4-6-19)13(15,16)17/h1-3,7H,4-6,8,18H2. The summed E-state index contributed by atoms with van der Waals surface area (Å²) in [6, 6.07) is 5.28. The number of hydrogen-bond acceptors (Lipinski definition) is 2. The van der Waals surface area contributed by atoms with Gasteiger partial charge in [0, 0.05) is 35.9 Å². The van der Waals surface area contributed by atoms with Gasteiger partial charge in [-0.05, 0) is 24.1 Å². The molecule has 0 bridgehead atoms. The number of halogens is 4. The summed E-state index contributed by atoms with van der Waals surface area (Å²) < 4.78 is 37.7. The van der Waals surface area contributed by atoms with Crippen LogP contribution in [-0.4, -0.2) is 19.3 Å². The van der Waals surface area contributed by atoms with Crippen molar-refractivity contribution in [3.05, 3.63) is 40.4 Å². The maximum Gasteiger partial charge on any atom is 0.412 e. The maximum absolute atomic E-state index is 12.6. The summed E-state index contributed by atoms with van der Waals surface area (Å²) in [7, 11) is 0. The van der Waals surface area contributed by atoms with Crippen LogP contribution in [0.15, 0.2) is 29.8 Å². The van der Waals surface area contributed by atoms with Crippen molar-refractivity contribution in [3.8, 4) is 0 Å². The quantitative estimate of drug-likeness (QED) is 0.845. The van der Waals surface area contributed by atoms with E-state index in [4.69, 9.17) is 17.3 Å². The van der Waals surface area contributed by atoms with Crippen molar-refractivity contribution >= 4 is 17.3 Å². The molecule has 1 aliphatic heterocycles. The van der Waals surface area contributed by atoms with Crippen molar-refractivity contribution in [3.63, 3.8) is 0 Å². The number of anilines is 1. The first-order chi connectivity index (χ1) is 8.91. The summed E-state index contributed by atoms with van der Waals surface area (Å²) in [6.45, 7) is 0.875. The summed E-state index contributed by atoms with van der Waals surface area (Å²) in [5, 5.41) is 0.554. The highest BCUT2D eigenvalue weighted by Gasteiger charge is 2.34. The molecule has 19 heavy (non-hydrogen) atoms. The van der Waals surface area contributed by atoms with Crippen LogP contribution in [0.4, 0.5) is 18.9 Å². The Labute approximate surface area is 114 Å². The van der Waals surface area contributed by atoms with Crippen molar-refractivity contribution < 1.29 is 13.2 Å². The minimum Gasteiger partial charge on any atom is -0.367 e. The summed E-state index contributed by atoms with van der Waals surface area (Å²) in [6.07, 6.45) is -3.01. The highest BCUT2D eigenvalue weighted by Crippen LogP contribution is 2.33. The Morgan fingerprint density at radius 3 is 2.58 bits per heavy atom. The van der Waals surface area contributed by atoms with Crippen LogP contribution in [0.3, 0.4) is 0 Å². The molecule has 0 aromatic heterocycles. The lowest BCUT2D eigenvalue weighted by Crippen LogP contribution is -2.32. The highest BCUT2D eigenvalue weighted by molar-refractivity contribution is 6.30. The van der Waals surface area contributed by atoms with E-state index in [1.807, 2.05) is 4.90 Å². The Morgan fingerprint density at radius 1 is 1.32 bits per heavy atom. The Morgan fingerprint density at radius 2 is 2.05 bits per heavy atom. The van der Waals surface area contributed by atoms with E-state index in [9.17, 15) is 13.2 Å². The first-order valence-electron chi connectivity index (χ1n) is 5.91. The molecule has 104 valence electrons. The van der Waals surface area contributed by atoms with Crippen LogP contribution in [0.2, 0.25) is 5.02 Å². The molecule has 0 unspecified atom stereocenters. The smallest absolute Gasteiger partial charge is 0.367 e. The van der Waals surface area contributed by atoms with Gasteiger partial charge in [-0.1, -0.05) is 23.7 Å². The molecule has 1 heterocycles. The molecule has 0 fully saturated rings. The second-order valence-corrected chi connectivity index (χ2v) is 4.84. The van der Waals surface area contributed by atoms with Gasteiger partial charge >= 0.3 is 6.18 Å². The molecule has 0 radical (unpaired) electrons. The summed E-state index contributed by atoms with van der Waals surface area (Å²) >= 11 is 5.93. The van der Waals surface area contributed by atoms with E-state index in [0.29, 0.717) is 18.1 Å². The lowest BCUT2D eigenvalue weighted by Gasteiger charge is -2.30. The maximum atomic E-state index is 12.6. The molecular formula is C13H14ClF3N2. The SMILES string of the molecule is NCc1ccc(Cl)cc1N1CC=C(C(F)(F)F)CC1. The highest BCUT2D eigenvalue weighted by atomic mass is 35.5. The molecule has 2 nitrogen and oxygen atoms in total. The van der Waals surface area contributed by atoms with Crippen molar-refractivity contribution in [2.24, 2.45) is 5.73 Å². The van der Waals surface area contributed by atoms with Crippen LogP contribution in [0.1, 0.15) is 12.0 Å². The third-order valence-electron chi connectivity index (χ3n) is 3.18. The van der Waals surface area contributed by atoms with Gasteiger partial charge in [-0.15, -0.1) is 0 Å². The number of alkyl halides is 3. The molecule has 0 aliphatic carbocycles. The predicted octanol–water partition coefficient (Wildman–Crippen LogP) is 3.50. The molecule has 0 amide bonds. The number of benzene rings is 1. The number of nitrogens with two attached hydrogens (primary N) is 1. The number of rotatable bonds is 2. The Hall–Kier alpha value is -1.20. The van der Waals surface area contributed by atoms with Crippen LogP contribution < -0.4 is 10.6 Å². The normalized spacial score (nSPS) is 16.5. The first-order valence-corrected chi connectivity index (χ1v) is 6.29. The van der Waals surface area contributed by atoms with Crippen molar-refractivity contribution in [1.82, 2.24) is 0 Å². The van der Waals surface area contributed by atoms with Crippen molar-refractivity contribution in [2.75, 3.05) is 18.0 Å². The second kappa shape index (κ2) is 5.43. The van der Waals surface area contributed by atoms with Gasteiger partial charge < -0.3 is 10.6 Å². The van der Waals surface area contributed by atoms with Crippen LogP contribution >= 0.6 is 11.6 Å². The van der Waals surface area contributed by atoms with E-state index >= 15 is 0 Å². The Bertz CT molecular complexity index is 497. The predicted molar refractivity (Wildman–Crippen MR) is 70.3 cm³/mol. The largest absolute Gasteiger partial charge is 0.412 e. The average molecular weight is 291 g/mol. The molecule has 6 heteroatoms. The molecule has 1 aromatic carbocycles. The van der Waals surface area contributed by atoms with Gasteiger partial charge in [-0.3, -0.25) is 0 Å². The van der Waals surface area contributed by atoms with Crippen LogP contribution in [0.5, 0.6) is 0 Å². The zero-order valence-corrected chi connectivity index (χ0v) is 10.9. The number of nitrogens with zero attached hydrogens (tertiary/aromatic N) is 1. The van der Waals surface area contributed by atoms with Gasteiger partial charge in [0.2, 0.25) is 0 Å².